The lowest BCUT2D eigenvalue weighted by Gasteiger charge is -2.11. The van der Waals surface area contributed by atoms with E-state index in [9.17, 15) is 9.81 Å². The van der Waals surface area contributed by atoms with Gasteiger partial charge in [0, 0.05) is 12.3 Å². The monoisotopic (exact) mass is 152 g/mol. The van der Waals surface area contributed by atoms with Crippen molar-refractivity contribution in [1.29, 1.82) is 0 Å². The van der Waals surface area contributed by atoms with Gasteiger partial charge in [0.25, 0.3) is 0 Å². The second kappa shape index (κ2) is 3.18. The van der Waals surface area contributed by atoms with Gasteiger partial charge in [-0.1, -0.05) is 6.92 Å². The fourth-order valence-electron chi connectivity index (χ4n) is 1.02. The summed E-state index contributed by atoms with van der Waals surface area (Å²) in [5.74, 6) is 0.0187. The molecule has 58 valence electrons. The zero-order valence-corrected chi connectivity index (χ0v) is 6.15. The lowest BCUT2D eigenvalue weighted by molar-refractivity contribution is 0.648. The molecule has 1 atom stereocenters. The molecule has 1 aliphatic rings. The van der Waals surface area contributed by atoms with Crippen LogP contribution in [0.2, 0.25) is 0 Å². The standard InChI is InChI=1S/C7H8N2O2/c1-5-4-6(8-10)2-3-7(5)9-11/h2-3,5H,4H2,1H3. The highest BCUT2D eigenvalue weighted by atomic mass is 16.3. The molecule has 0 N–H and O–H groups in total. The molecular formula is C7H8N2O2. The van der Waals surface area contributed by atoms with Crippen LogP contribution >= 0.6 is 0 Å². The Kier molecular flexibility index (Phi) is 2.25. The average Bonchev–Trinajstić information content (AvgIpc) is 2.04. The van der Waals surface area contributed by atoms with Crippen molar-refractivity contribution in [2.24, 2.45) is 16.3 Å². The van der Waals surface area contributed by atoms with Gasteiger partial charge in [-0.2, -0.15) is 0 Å². The molecule has 4 nitrogen and oxygen atoms in total. The normalized spacial score (nSPS) is 23.5. The van der Waals surface area contributed by atoms with Gasteiger partial charge in [0.15, 0.2) is 0 Å². The molecule has 11 heavy (non-hydrogen) atoms. The van der Waals surface area contributed by atoms with Crippen molar-refractivity contribution in [3.8, 4) is 0 Å². The van der Waals surface area contributed by atoms with E-state index in [-0.39, 0.29) is 5.92 Å². The highest BCUT2D eigenvalue weighted by Gasteiger charge is 2.15. The lowest BCUT2D eigenvalue weighted by atomic mass is 9.97. The Morgan fingerprint density at radius 2 is 2.09 bits per heavy atom. The van der Waals surface area contributed by atoms with Crippen LogP contribution in [0.4, 0.5) is 0 Å². The molecule has 4 heteroatoms. The second-order valence-electron chi connectivity index (χ2n) is 2.54. The van der Waals surface area contributed by atoms with E-state index in [1.54, 1.807) is 0 Å². The molecule has 0 aliphatic heterocycles. The molecule has 0 amide bonds. The summed E-state index contributed by atoms with van der Waals surface area (Å²) in [7, 11) is 0. The van der Waals surface area contributed by atoms with Crippen molar-refractivity contribution in [2.45, 2.75) is 13.3 Å². The average molecular weight is 152 g/mol. The van der Waals surface area contributed by atoms with Gasteiger partial charge in [0.1, 0.15) is 0 Å². The van der Waals surface area contributed by atoms with Gasteiger partial charge >= 0.3 is 0 Å². The number of nitrogens with zero attached hydrogens (tertiary/aromatic N) is 2. The van der Waals surface area contributed by atoms with Crippen molar-refractivity contribution in [3.63, 3.8) is 0 Å². The third kappa shape index (κ3) is 1.58. The van der Waals surface area contributed by atoms with Gasteiger partial charge in [-0.3, -0.25) is 0 Å². The molecule has 1 unspecified atom stereocenters. The molecule has 0 aromatic heterocycles. The first-order valence-electron chi connectivity index (χ1n) is 3.35. The Hall–Kier alpha value is -1.32. The molecule has 0 saturated heterocycles. The zero-order valence-electron chi connectivity index (χ0n) is 6.15. The maximum atomic E-state index is 10.1. The summed E-state index contributed by atoms with van der Waals surface area (Å²) in [4.78, 5) is 20.2. The van der Waals surface area contributed by atoms with E-state index in [0.717, 1.165) is 0 Å². The Bertz CT molecular complexity index is 243. The minimum atomic E-state index is 0.0187. The highest BCUT2D eigenvalue weighted by molar-refractivity contribution is 5.24. The maximum Gasteiger partial charge on any atom is 0.0881 e. The fourth-order valence-corrected chi connectivity index (χ4v) is 1.02. The van der Waals surface area contributed by atoms with Crippen molar-refractivity contribution in [2.75, 3.05) is 0 Å². The summed E-state index contributed by atoms with van der Waals surface area (Å²) in [6, 6.07) is 0. The van der Waals surface area contributed by atoms with Gasteiger partial charge in [-0.05, 0) is 22.5 Å². The minimum absolute atomic E-state index is 0.0187. The molecule has 1 rings (SSSR count). The summed E-state index contributed by atoms with van der Waals surface area (Å²) in [6.07, 6.45) is 3.59. The van der Waals surface area contributed by atoms with E-state index >= 15 is 0 Å². The molecule has 0 fully saturated rings. The number of hydrogen-bond acceptors (Lipinski definition) is 4. The van der Waals surface area contributed by atoms with Crippen LogP contribution < -0.4 is 0 Å². The van der Waals surface area contributed by atoms with Gasteiger partial charge in [-0.25, -0.2) is 0 Å². The molecule has 0 bridgehead atoms. The number of nitroso groups, excluding NO2 is 2. The number of allylic oxidation sites excluding steroid dienone is 4. The minimum Gasteiger partial charge on any atom is -0.145 e. The van der Waals surface area contributed by atoms with Crippen LogP contribution in [0.1, 0.15) is 13.3 Å². The molecule has 1 aliphatic carbocycles. The van der Waals surface area contributed by atoms with Crippen LogP contribution in [0.25, 0.3) is 0 Å². The quantitative estimate of drug-likeness (QED) is 0.570. The molecule has 0 heterocycles. The van der Waals surface area contributed by atoms with Crippen molar-refractivity contribution >= 4 is 0 Å². The number of rotatable bonds is 2. The summed E-state index contributed by atoms with van der Waals surface area (Å²) >= 11 is 0. The van der Waals surface area contributed by atoms with E-state index in [0.29, 0.717) is 17.8 Å². The predicted molar refractivity (Wildman–Crippen MR) is 41.5 cm³/mol. The predicted octanol–water partition coefficient (Wildman–Crippen LogP) is 2.33. The van der Waals surface area contributed by atoms with E-state index in [2.05, 4.69) is 10.4 Å². The van der Waals surface area contributed by atoms with E-state index in [1.165, 1.54) is 12.2 Å². The largest absolute Gasteiger partial charge is 0.145 e. The molecular weight excluding hydrogens is 144 g/mol. The smallest absolute Gasteiger partial charge is 0.0881 e. The third-order valence-electron chi connectivity index (χ3n) is 1.69. The Labute approximate surface area is 63.9 Å². The van der Waals surface area contributed by atoms with Gasteiger partial charge in [-0.15, -0.1) is 9.81 Å². The zero-order chi connectivity index (χ0) is 8.27. The lowest BCUT2D eigenvalue weighted by Crippen LogP contribution is -2.01. The van der Waals surface area contributed by atoms with Crippen LogP contribution in [0.3, 0.4) is 0 Å². The Balaban J connectivity index is 2.84. The topological polar surface area (TPSA) is 58.9 Å². The van der Waals surface area contributed by atoms with E-state index in [1.807, 2.05) is 6.92 Å². The SMILES string of the molecule is CC1CC(N=O)=CC=C1N=O. The Morgan fingerprint density at radius 3 is 2.55 bits per heavy atom. The van der Waals surface area contributed by atoms with Crippen LogP contribution in [-0.4, -0.2) is 0 Å². The second-order valence-corrected chi connectivity index (χ2v) is 2.54. The molecule has 0 saturated carbocycles. The summed E-state index contributed by atoms with van der Waals surface area (Å²) in [5, 5.41) is 5.61. The first-order valence-corrected chi connectivity index (χ1v) is 3.35. The molecule has 0 aromatic carbocycles. The van der Waals surface area contributed by atoms with E-state index in [4.69, 9.17) is 0 Å². The van der Waals surface area contributed by atoms with Crippen LogP contribution in [-0.2, 0) is 0 Å². The first kappa shape index (κ1) is 7.78. The van der Waals surface area contributed by atoms with Crippen LogP contribution in [0.5, 0.6) is 0 Å². The van der Waals surface area contributed by atoms with Gasteiger partial charge in [0.2, 0.25) is 0 Å². The van der Waals surface area contributed by atoms with Crippen molar-refractivity contribution < 1.29 is 0 Å². The van der Waals surface area contributed by atoms with Gasteiger partial charge < -0.3 is 0 Å². The summed E-state index contributed by atoms with van der Waals surface area (Å²) < 4.78 is 0. The Morgan fingerprint density at radius 1 is 1.36 bits per heavy atom. The molecule has 0 aromatic rings. The molecule has 0 spiro atoms. The highest BCUT2D eigenvalue weighted by Crippen LogP contribution is 2.25. The third-order valence-corrected chi connectivity index (χ3v) is 1.69. The van der Waals surface area contributed by atoms with Crippen molar-refractivity contribution in [3.05, 3.63) is 33.4 Å². The maximum absolute atomic E-state index is 10.1. The van der Waals surface area contributed by atoms with Gasteiger partial charge in [0.05, 0.1) is 11.4 Å². The molecule has 0 radical (unpaired) electrons. The first-order chi connectivity index (χ1) is 5.27. The van der Waals surface area contributed by atoms with Crippen LogP contribution in [0.15, 0.2) is 33.9 Å². The van der Waals surface area contributed by atoms with E-state index < -0.39 is 0 Å². The fraction of sp³-hybridized carbons (Fsp3) is 0.429. The summed E-state index contributed by atoms with van der Waals surface area (Å²) in [5.41, 5.74) is 0.960. The van der Waals surface area contributed by atoms with Crippen molar-refractivity contribution in [1.82, 2.24) is 0 Å². The van der Waals surface area contributed by atoms with Crippen LogP contribution in [0, 0.1) is 15.7 Å². The number of hydrogen-bond donors (Lipinski definition) is 0. The summed E-state index contributed by atoms with van der Waals surface area (Å²) in [6.45, 7) is 1.84.